The van der Waals surface area contributed by atoms with Gasteiger partial charge in [-0.2, -0.15) is 10.4 Å². The average Bonchev–Trinajstić information content (AvgIpc) is 3.26. The Kier molecular flexibility index (Phi) is 8.24. The molecule has 3 heterocycles. The number of nitrogens with zero attached hydrogens (tertiary/aromatic N) is 7. The molecule has 2 aromatic rings. The minimum Gasteiger partial charge on any atom is -0.477 e. The zero-order valence-electron chi connectivity index (χ0n) is 20.3. The summed E-state index contributed by atoms with van der Waals surface area (Å²) in [5.74, 6) is 1.43. The first-order valence-corrected chi connectivity index (χ1v) is 11.5. The Bertz CT molecular complexity index is 1130. The first kappa shape index (κ1) is 24.8. The standard InChI is InChI=1S/C24H32N8O2/c1-6-19(22-23-20(12-25)15-28-32(23)16-21(29-22)34-7-2)14-26-18(5)30-8-10-31(11-9-30)24(33)27-13-17(3)4/h6,14-17H,5,7-11,13H2,1-4H3,(H,27,33)/b19-6+,26-14-. The first-order valence-electron chi connectivity index (χ1n) is 11.5. The monoisotopic (exact) mass is 464 g/mol. The van der Waals surface area contributed by atoms with Gasteiger partial charge in [-0.3, -0.25) is 0 Å². The second-order valence-electron chi connectivity index (χ2n) is 8.30. The normalized spacial score (nSPS) is 14.6. The van der Waals surface area contributed by atoms with E-state index in [0.717, 1.165) is 5.57 Å². The van der Waals surface area contributed by atoms with Gasteiger partial charge in [0.15, 0.2) is 0 Å². The van der Waals surface area contributed by atoms with E-state index in [1.165, 1.54) is 6.20 Å². The zero-order valence-corrected chi connectivity index (χ0v) is 20.3. The number of amides is 2. The zero-order chi connectivity index (χ0) is 24.7. The third-order valence-corrected chi connectivity index (χ3v) is 5.42. The van der Waals surface area contributed by atoms with Gasteiger partial charge >= 0.3 is 6.03 Å². The van der Waals surface area contributed by atoms with Crippen LogP contribution in [0.25, 0.3) is 11.1 Å². The van der Waals surface area contributed by atoms with Crippen molar-refractivity contribution in [3.05, 3.63) is 42.1 Å². The number of piperazine rings is 1. The van der Waals surface area contributed by atoms with Crippen LogP contribution in [0.5, 0.6) is 5.88 Å². The summed E-state index contributed by atoms with van der Waals surface area (Å²) in [4.78, 5) is 25.3. The van der Waals surface area contributed by atoms with E-state index in [0.29, 0.717) is 73.7 Å². The molecule has 34 heavy (non-hydrogen) atoms. The lowest BCUT2D eigenvalue weighted by Gasteiger charge is -2.35. The second kappa shape index (κ2) is 11.3. The number of allylic oxidation sites excluding steroid dienone is 2. The molecule has 1 fully saturated rings. The van der Waals surface area contributed by atoms with Gasteiger partial charge < -0.3 is 19.9 Å². The van der Waals surface area contributed by atoms with Gasteiger partial charge in [0.05, 0.1) is 19.0 Å². The Morgan fingerprint density at radius 3 is 2.68 bits per heavy atom. The Morgan fingerprint density at radius 1 is 1.35 bits per heavy atom. The van der Waals surface area contributed by atoms with E-state index in [1.807, 2.05) is 24.8 Å². The third-order valence-electron chi connectivity index (χ3n) is 5.42. The number of aromatic nitrogens is 3. The van der Waals surface area contributed by atoms with Crippen LogP contribution in [-0.2, 0) is 0 Å². The van der Waals surface area contributed by atoms with E-state index < -0.39 is 0 Å². The smallest absolute Gasteiger partial charge is 0.317 e. The van der Waals surface area contributed by atoms with Crippen molar-refractivity contribution in [3.8, 4) is 11.9 Å². The maximum Gasteiger partial charge on any atom is 0.317 e. The quantitative estimate of drug-likeness (QED) is 0.602. The largest absolute Gasteiger partial charge is 0.477 e. The summed E-state index contributed by atoms with van der Waals surface area (Å²) >= 11 is 0. The molecule has 0 atom stereocenters. The molecule has 0 aliphatic carbocycles. The van der Waals surface area contributed by atoms with E-state index in [-0.39, 0.29) is 6.03 Å². The van der Waals surface area contributed by atoms with Gasteiger partial charge in [0, 0.05) is 44.5 Å². The molecule has 0 aromatic carbocycles. The molecule has 2 amide bonds. The summed E-state index contributed by atoms with van der Waals surface area (Å²) in [5.41, 5.74) is 2.29. The highest BCUT2D eigenvalue weighted by atomic mass is 16.5. The number of aliphatic imine (C=N–C) groups is 1. The summed E-state index contributed by atoms with van der Waals surface area (Å²) < 4.78 is 7.18. The minimum absolute atomic E-state index is 0.0305. The molecule has 0 bridgehead atoms. The van der Waals surface area contributed by atoms with E-state index in [1.54, 1.807) is 16.9 Å². The topological polar surface area (TPSA) is 111 Å². The van der Waals surface area contributed by atoms with E-state index in [9.17, 15) is 10.1 Å². The van der Waals surface area contributed by atoms with Crippen LogP contribution in [-0.4, -0.2) is 76.0 Å². The number of rotatable bonds is 8. The number of carbonyl (C=O) groups is 1. The molecule has 180 valence electrons. The average molecular weight is 465 g/mol. The molecule has 3 rings (SSSR count). The van der Waals surface area contributed by atoms with Gasteiger partial charge in [0.2, 0.25) is 5.88 Å². The van der Waals surface area contributed by atoms with E-state index in [4.69, 9.17) is 4.74 Å². The van der Waals surface area contributed by atoms with Crippen LogP contribution in [0.2, 0.25) is 0 Å². The first-order chi connectivity index (χ1) is 16.4. The maximum atomic E-state index is 12.3. The highest BCUT2D eigenvalue weighted by Crippen LogP contribution is 2.24. The predicted molar refractivity (Wildman–Crippen MR) is 132 cm³/mol. The van der Waals surface area contributed by atoms with Gasteiger partial charge in [-0.1, -0.05) is 26.5 Å². The number of hydrogen-bond donors (Lipinski definition) is 1. The molecule has 10 nitrogen and oxygen atoms in total. The van der Waals surface area contributed by atoms with Gasteiger partial charge in [0.1, 0.15) is 28.7 Å². The maximum absolute atomic E-state index is 12.3. The Balaban J connectivity index is 1.72. The highest BCUT2D eigenvalue weighted by molar-refractivity contribution is 6.12. The Hall–Kier alpha value is -3.87. The third kappa shape index (κ3) is 5.73. The van der Waals surface area contributed by atoms with Crippen molar-refractivity contribution >= 4 is 23.3 Å². The molecule has 0 radical (unpaired) electrons. The fourth-order valence-electron chi connectivity index (χ4n) is 3.56. The fourth-order valence-corrected chi connectivity index (χ4v) is 3.56. The van der Waals surface area contributed by atoms with Gasteiger partial charge in [-0.25, -0.2) is 19.3 Å². The molecule has 0 saturated carbocycles. The minimum atomic E-state index is -0.0305. The SMILES string of the molecule is C=C(/N=C\C(=C/C)c1nc(OCC)cn2ncc(C#N)c12)N1CCN(C(=O)NCC(C)C)CC1. The lowest BCUT2D eigenvalue weighted by Crippen LogP contribution is -2.51. The molecular weight excluding hydrogens is 432 g/mol. The van der Waals surface area contributed by atoms with Crippen LogP contribution in [0.3, 0.4) is 0 Å². The molecule has 0 spiro atoms. The van der Waals surface area contributed by atoms with Crippen molar-refractivity contribution in [1.29, 1.82) is 5.26 Å². The molecule has 2 aromatic heterocycles. The molecule has 1 aliphatic heterocycles. The van der Waals surface area contributed by atoms with Crippen molar-refractivity contribution in [2.45, 2.75) is 27.7 Å². The van der Waals surface area contributed by atoms with Gasteiger partial charge in [0.25, 0.3) is 0 Å². The number of carbonyl (C=O) groups excluding carboxylic acids is 1. The summed E-state index contributed by atoms with van der Waals surface area (Å²) in [6, 6.07) is 2.14. The molecule has 1 N–H and O–H groups in total. The van der Waals surface area contributed by atoms with Gasteiger partial charge in [-0.05, 0) is 19.8 Å². The van der Waals surface area contributed by atoms with Crippen molar-refractivity contribution < 1.29 is 9.53 Å². The van der Waals surface area contributed by atoms with E-state index >= 15 is 0 Å². The molecular formula is C24H32N8O2. The van der Waals surface area contributed by atoms with Crippen molar-refractivity contribution in [2.75, 3.05) is 39.3 Å². The molecule has 1 aliphatic rings. The summed E-state index contributed by atoms with van der Waals surface area (Å²) in [6.45, 7) is 15.7. The number of fused-ring (bicyclic) bond motifs is 1. The lowest BCUT2D eigenvalue weighted by molar-refractivity contribution is 0.156. The summed E-state index contributed by atoms with van der Waals surface area (Å²) in [5, 5.41) is 16.7. The Morgan fingerprint density at radius 2 is 2.06 bits per heavy atom. The number of nitrogens with one attached hydrogen (secondary N) is 1. The lowest BCUT2D eigenvalue weighted by atomic mass is 10.1. The van der Waals surface area contributed by atoms with Crippen LogP contribution in [0.1, 0.15) is 39.0 Å². The molecule has 10 heteroatoms. The Labute approximate surface area is 200 Å². The van der Waals surface area contributed by atoms with Crippen LogP contribution in [0.4, 0.5) is 4.79 Å². The van der Waals surface area contributed by atoms with Crippen molar-refractivity contribution in [2.24, 2.45) is 10.9 Å². The number of urea groups is 1. The van der Waals surface area contributed by atoms with E-state index in [2.05, 4.69) is 51.8 Å². The van der Waals surface area contributed by atoms with Crippen LogP contribution in [0, 0.1) is 17.2 Å². The van der Waals surface area contributed by atoms with Crippen LogP contribution in [0.15, 0.2) is 35.9 Å². The molecule has 0 unspecified atom stereocenters. The summed E-state index contributed by atoms with van der Waals surface area (Å²) in [7, 11) is 0. The van der Waals surface area contributed by atoms with Crippen molar-refractivity contribution in [3.63, 3.8) is 0 Å². The molecule has 1 saturated heterocycles. The predicted octanol–water partition coefficient (Wildman–Crippen LogP) is 2.93. The number of nitriles is 1. The van der Waals surface area contributed by atoms with Crippen LogP contribution >= 0.6 is 0 Å². The van der Waals surface area contributed by atoms with Crippen LogP contribution < -0.4 is 10.1 Å². The summed E-state index contributed by atoms with van der Waals surface area (Å²) in [6.07, 6.45) is 6.73. The second-order valence-corrected chi connectivity index (χ2v) is 8.30. The van der Waals surface area contributed by atoms with Gasteiger partial charge in [-0.15, -0.1) is 0 Å². The number of hydrogen-bond acceptors (Lipinski definition) is 7. The van der Waals surface area contributed by atoms with Crippen molar-refractivity contribution in [1.82, 2.24) is 29.7 Å². The highest BCUT2D eigenvalue weighted by Gasteiger charge is 2.22. The number of ether oxygens (including phenoxy) is 1. The fraction of sp³-hybridized carbons (Fsp3) is 0.458.